The Labute approximate surface area is 149 Å². The van der Waals surface area contributed by atoms with Crippen molar-refractivity contribution in [2.45, 2.75) is 5.16 Å². The Bertz CT molecular complexity index is 954. The number of carbonyl (C=O) groups is 1. The molecule has 0 saturated carbocycles. The summed E-state index contributed by atoms with van der Waals surface area (Å²) in [5, 5.41) is 10.5. The maximum absolute atomic E-state index is 12.6. The van der Waals surface area contributed by atoms with Crippen molar-refractivity contribution in [1.82, 2.24) is 9.55 Å². The molecule has 1 aromatic heterocycles. The standard InChI is InChI=1S/C19H16N2O3S/c1-21-18(24)16(14-10-6-3-7-11-14)17(23)20-19(21)25-12-15(22)13-8-4-2-5-9-13/h2-11,23H,12H2,1H3. The lowest BCUT2D eigenvalue weighted by Gasteiger charge is -2.10. The van der Waals surface area contributed by atoms with E-state index in [0.717, 1.165) is 11.8 Å². The zero-order valence-corrected chi connectivity index (χ0v) is 14.4. The minimum absolute atomic E-state index is 0.0634. The van der Waals surface area contributed by atoms with E-state index < -0.39 is 0 Å². The first kappa shape index (κ1) is 17.0. The van der Waals surface area contributed by atoms with Crippen LogP contribution in [0.5, 0.6) is 5.88 Å². The second-order valence-corrected chi connectivity index (χ2v) is 6.34. The molecule has 0 aliphatic heterocycles. The van der Waals surface area contributed by atoms with Crippen LogP contribution in [0.4, 0.5) is 0 Å². The van der Waals surface area contributed by atoms with Crippen LogP contribution in [0.25, 0.3) is 11.1 Å². The van der Waals surface area contributed by atoms with Crippen LogP contribution in [0.15, 0.2) is 70.6 Å². The van der Waals surface area contributed by atoms with Gasteiger partial charge in [-0.3, -0.25) is 14.2 Å². The van der Waals surface area contributed by atoms with E-state index in [4.69, 9.17) is 0 Å². The van der Waals surface area contributed by atoms with Gasteiger partial charge in [0, 0.05) is 12.6 Å². The molecule has 25 heavy (non-hydrogen) atoms. The van der Waals surface area contributed by atoms with Crippen molar-refractivity contribution in [3.05, 3.63) is 76.6 Å². The highest BCUT2D eigenvalue weighted by atomic mass is 32.2. The molecule has 5 nitrogen and oxygen atoms in total. The van der Waals surface area contributed by atoms with E-state index >= 15 is 0 Å². The summed E-state index contributed by atoms with van der Waals surface area (Å²) in [7, 11) is 1.58. The number of ketones is 1. The van der Waals surface area contributed by atoms with E-state index in [-0.39, 0.29) is 28.5 Å². The molecule has 0 amide bonds. The lowest BCUT2D eigenvalue weighted by atomic mass is 10.1. The average molecular weight is 352 g/mol. The van der Waals surface area contributed by atoms with Gasteiger partial charge in [-0.05, 0) is 5.56 Å². The molecule has 0 bridgehead atoms. The first-order valence-electron chi connectivity index (χ1n) is 7.64. The Morgan fingerprint density at radius 2 is 1.68 bits per heavy atom. The van der Waals surface area contributed by atoms with E-state index in [2.05, 4.69) is 4.98 Å². The van der Waals surface area contributed by atoms with Gasteiger partial charge in [0.05, 0.1) is 5.75 Å². The van der Waals surface area contributed by atoms with Crippen molar-refractivity contribution in [3.63, 3.8) is 0 Å². The zero-order valence-electron chi connectivity index (χ0n) is 13.5. The van der Waals surface area contributed by atoms with Crippen molar-refractivity contribution in [2.24, 2.45) is 7.05 Å². The fourth-order valence-corrected chi connectivity index (χ4v) is 3.25. The predicted molar refractivity (Wildman–Crippen MR) is 98.1 cm³/mol. The van der Waals surface area contributed by atoms with Gasteiger partial charge in [-0.2, -0.15) is 4.98 Å². The summed E-state index contributed by atoms with van der Waals surface area (Å²) < 4.78 is 1.35. The van der Waals surface area contributed by atoms with Gasteiger partial charge in [-0.25, -0.2) is 0 Å². The van der Waals surface area contributed by atoms with Crippen LogP contribution in [-0.2, 0) is 7.05 Å². The number of hydrogen-bond donors (Lipinski definition) is 1. The number of nitrogens with zero attached hydrogens (tertiary/aromatic N) is 2. The average Bonchev–Trinajstić information content (AvgIpc) is 2.65. The summed E-state index contributed by atoms with van der Waals surface area (Å²) in [5.41, 5.74) is 1.00. The Kier molecular flexibility index (Phi) is 5.00. The number of rotatable bonds is 5. The summed E-state index contributed by atoms with van der Waals surface area (Å²) in [5.74, 6) is -0.260. The van der Waals surface area contributed by atoms with Crippen molar-refractivity contribution in [1.29, 1.82) is 0 Å². The van der Waals surface area contributed by atoms with Gasteiger partial charge in [0.2, 0.25) is 5.88 Å². The Balaban J connectivity index is 1.87. The van der Waals surface area contributed by atoms with Crippen LogP contribution < -0.4 is 5.56 Å². The van der Waals surface area contributed by atoms with Crippen LogP contribution >= 0.6 is 11.8 Å². The van der Waals surface area contributed by atoms with Gasteiger partial charge in [-0.1, -0.05) is 72.4 Å². The van der Waals surface area contributed by atoms with E-state index in [9.17, 15) is 14.7 Å². The molecular formula is C19H16N2O3S. The van der Waals surface area contributed by atoms with Crippen LogP contribution in [-0.4, -0.2) is 26.2 Å². The van der Waals surface area contributed by atoms with Crippen LogP contribution in [0.3, 0.4) is 0 Å². The molecule has 0 atom stereocenters. The highest BCUT2D eigenvalue weighted by molar-refractivity contribution is 7.99. The molecule has 0 radical (unpaired) electrons. The molecular weight excluding hydrogens is 336 g/mol. The molecule has 0 aliphatic carbocycles. The summed E-state index contributed by atoms with van der Waals surface area (Å²) in [4.78, 5) is 28.9. The molecule has 3 rings (SSSR count). The third-order valence-electron chi connectivity index (χ3n) is 3.72. The number of carbonyl (C=O) groups excluding carboxylic acids is 1. The van der Waals surface area contributed by atoms with Crippen LogP contribution in [0.1, 0.15) is 10.4 Å². The third kappa shape index (κ3) is 3.64. The predicted octanol–water partition coefficient (Wildman–Crippen LogP) is 3.13. The highest BCUT2D eigenvalue weighted by Gasteiger charge is 2.17. The van der Waals surface area contributed by atoms with Gasteiger partial charge in [0.1, 0.15) is 5.56 Å². The third-order valence-corrected chi connectivity index (χ3v) is 4.75. The lowest BCUT2D eigenvalue weighted by Crippen LogP contribution is -2.22. The summed E-state index contributed by atoms with van der Waals surface area (Å²) in [6.07, 6.45) is 0. The normalized spacial score (nSPS) is 10.6. The van der Waals surface area contributed by atoms with Crippen LogP contribution in [0, 0.1) is 0 Å². The van der Waals surface area contributed by atoms with E-state index in [1.807, 2.05) is 12.1 Å². The maximum atomic E-state index is 12.6. The fourth-order valence-electron chi connectivity index (χ4n) is 2.40. The summed E-state index contributed by atoms with van der Waals surface area (Å²) >= 11 is 1.12. The molecule has 1 heterocycles. The lowest BCUT2D eigenvalue weighted by molar-refractivity contribution is 0.102. The van der Waals surface area contributed by atoms with E-state index in [1.54, 1.807) is 55.6 Å². The molecule has 0 unspecified atom stereocenters. The fraction of sp³-hybridized carbons (Fsp3) is 0.105. The van der Waals surface area contributed by atoms with Crippen molar-refractivity contribution in [2.75, 3.05) is 5.75 Å². The van der Waals surface area contributed by atoms with Gasteiger partial charge < -0.3 is 5.11 Å². The van der Waals surface area contributed by atoms with Gasteiger partial charge in [0.25, 0.3) is 5.56 Å². The largest absolute Gasteiger partial charge is 0.493 e. The number of aromatic hydroxyl groups is 1. The number of Topliss-reactive ketones (excluding diaryl/α,β-unsaturated/α-hetero) is 1. The Morgan fingerprint density at radius 1 is 1.08 bits per heavy atom. The van der Waals surface area contributed by atoms with Gasteiger partial charge in [0.15, 0.2) is 10.9 Å². The van der Waals surface area contributed by atoms with Crippen molar-refractivity contribution in [3.8, 4) is 17.0 Å². The number of hydrogen-bond acceptors (Lipinski definition) is 5. The number of aromatic nitrogens is 2. The van der Waals surface area contributed by atoms with Crippen LogP contribution in [0.2, 0.25) is 0 Å². The maximum Gasteiger partial charge on any atom is 0.265 e. The molecule has 3 aromatic rings. The summed E-state index contributed by atoms with van der Waals surface area (Å²) in [6, 6.07) is 17.8. The molecule has 126 valence electrons. The topological polar surface area (TPSA) is 72.2 Å². The quantitative estimate of drug-likeness (QED) is 0.434. The minimum Gasteiger partial charge on any atom is -0.493 e. The first-order chi connectivity index (χ1) is 12.1. The second-order valence-electron chi connectivity index (χ2n) is 5.40. The number of benzene rings is 2. The zero-order chi connectivity index (χ0) is 17.8. The van der Waals surface area contributed by atoms with E-state index in [1.165, 1.54) is 4.57 Å². The molecule has 0 saturated heterocycles. The van der Waals surface area contributed by atoms with Crippen molar-refractivity contribution < 1.29 is 9.90 Å². The van der Waals surface area contributed by atoms with Gasteiger partial charge >= 0.3 is 0 Å². The van der Waals surface area contributed by atoms with Gasteiger partial charge in [-0.15, -0.1) is 0 Å². The second kappa shape index (κ2) is 7.36. The number of thioether (sulfide) groups is 1. The molecule has 0 aliphatic rings. The molecule has 0 fully saturated rings. The minimum atomic E-state index is -0.353. The Morgan fingerprint density at radius 3 is 2.32 bits per heavy atom. The van der Waals surface area contributed by atoms with Crippen molar-refractivity contribution >= 4 is 17.5 Å². The molecule has 6 heteroatoms. The van der Waals surface area contributed by atoms with E-state index in [0.29, 0.717) is 16.3 Å². The highest BCUT2D eigenvalue weighted by Crippen LogP contribution is 2.26. The SMILES string of the molecule is Cn1c(SCC(=O)c2ccccc2)nc(O)c(-c2ccccc2)c1=O. The molecule has 0 spiro atoms. The molecule has 2 aromatic carbocycles. The molecule has 1 N–H and O–H groups in total. The monoisotopic (exact) mass is 352 g/mol. The smallest absolute Gasteiger partial charge is 0.265 e. The Hall–Kier alpha value is -2.86. The summed E-state index contributed by atoms with van der Waals surface area (Å²) in [6.45, 7) is 0. The first-order valence-corrected chi connectivity index (χ1v) is 8.63.